The van der Waals surface area contributed by atoms with Crippen molar-refractivity contribution in [2.75, 3.05) is 17.2 Å². The van der Waals surface area contributed by atoms with Crippen LogP contribution in [0.25, 0.3) is 0 Å². The number of nitrogens with one attached hydrogen (secondary N) is 2. The zero-order valence-corrected chi connectivity index (χ0v) is 13.3. The van der Waals surface area contributed by atoms with Gasteiger partial charge in [0.25, 0.3) is 0 Å². The molecule has 1 aromatic carbocycles. The van der Waals surface area contributed by atoms with Crippen molar-refractivity contribution >= 4 is 17.3 Å². The van der Waals surface area contributed by atoms with Crippen molar-refractivity contribution < 1.29 is 0 Å². The van der Waals surface area contributed by atoms with E-state index in [0.717, 1.165) is 36.1 Å². The second-order valence-corrected chi connectivity index (χ2v) is 5.34. The molecule has 4 nitrogen and oxygen atoms in total. The average molecular weight is 284 g/mol. The number of aromatic nitrogens is 2. The predicted molar refractivity (Wildman–Crippen MR) is 89.4 cm³/mol. The van der Waals surface area contributed by atoms with E-state index in [9.17, 15) is 0 Å². The number of aryl methyl sites for hydroxylation is 1. The van der Waals surface area contributed by atoms with Gasteiger partial charge < -0.3 is 10.6 Å². The summed E-state index contributed by atoms with van der Waals surface area (Å²) < 4.78 is 0. The van der Waals surface area contributed by atoms with Crippen molar-refractivity contribution in [3.63, 3.8) is 0 Å². The summed E-state index contributed by atoms with van der Waals surface area (Å²) in [4.78, 5) is 9.01. The van der Waals surface area contributed by atoms with Crippen molar-refractivity contribution in [1.82, 2.24) is 9.97 Å². The van der Waals surface area contributed by atoms with E-state index in [0.29, 0.717) is 5.92 Å². The highest BCUT2D eigenvalue weighted by Crippen LogP contribution is 2.22. The maximum absolute atomic E-state index is 4.54. The molecule has 0 saturated carbocycles. The van der Waals surface area contributed by atoms with Crippen LogP contribution >= 0.6 is 0 Å². The smallest absolute Gasteiger partial charge is 0.136 e. The quantitative estimate of drug-likeness (QED) is 0.828. The highest BCUT2D eigenvalue weighted by molar-refractivity contribution is 5.60. The number of nitrogens with zero attached hydrogens (tertiary/aromatic N) is 2. The number of hydrogen-bond acceptors (Lipinski definition) is 4. The van der Waals surface area contributed by atoms with Crippen LogP contribution in [-0.2, 0) is 6.42 Å². The molecule has 2 N–H and O–H groups in total. The molecule has 112 valence electrons. The second-order valence-electron chi connectivity index (χ2n) is 5.34. The monoisotopic (exact) mass is 284 g/mol. The summed E-state index contributed by atoms with van der Waals surface area (Å²) in [6.45, 7) is 9.37. The van der Waals surface area contributed by atoms with E-state index in [1.165, 1.54) is 5.56 Å². The molecule has 0 fully saturated rings. The fraction of sp³-hybridized carbons (Fsp3) is 0.412. The Balaban J connectivity index is 2.25. The predicted octanol–water partition coefficient (Wildman–Crippen LogP) is 4.34. The van der Waals surface area contributed by atoms with Gasteiger partial charge in [0.05, 0.1) is 0 Å². The van der Waals surface area contributed by atoms with Gasteiger partial charge in [-0.3, -0.25) is 0 Å². The van der Waals surface area contributed by atoms with Crippen molar-refractivity contribution in [2.45, 2.75) is 40.0 Å². The van der Waals surface area contributed by atoms with Gasteiger partial charge in [0, 0.05) is 24.7 Å². The Kier molecular flexibility index (Phi) is 5.14. The summed E-state index contributed by atoms with van der Waals surface area (Å²) in [6.07, 6.45) is 0.819. The molecule has 4 heteroatoms. The van der Waals surface area contributed by atoms with Gasteiger partial charge in [-0.25, -0.2) is 9.97 Å². The lowest BCUT2D eigenvalue weighted by Crippen LogP contribution is -2.05. The maximum atomic E-state index is 4.54. The minimum Gasteiger partial charge on any atom is -0.370 e. The largest absolute Gasteiger partial charge is 0.370 e. The Bertz CT molecular complexity index is 593. The third-order valence-electron chi connectivity index (χ3n) is 3.27. The Morgan fingerprint density at radius 1 is 1.05 bits per heavy atom. The van der Waals surface area contributed by atoms with E-state index >= 15 is 0 Å². The van der Waals surface area contributed by atoms with Crippen molar-refractivity contribution in [3.8, 4) is 0 Å². The van der Waals surface area contributed by atoms with Crippen molar-refractivity contribution in [1.29, 1.82) is 0 Å². The molecule has 0 spiro atoms. The van der Waals surface area contributed by atoms with Gasteiger partial charge in [-0.05, 0) is 30.5 Å². The minimum absolute atomic E-state index is 0.515. The molecule has 0 radical (unpaired) electrons. The Labute approximate surface area is 127 Å². The highest BCUT2D eigenvalue weighted by atomic mass is 15.1. The molecule has 0 unspecified atom stereocenters. The lowest BCUT2D eigenvalue weighted by molar-refractivity contribution is 0.867. The molecule has 21 heavy (non-hydrogen) atoms. The molecular weight excluding hydrogens is 260 g/mol. The lowest BCUT2D eigenvalue weighted by Gasteiger charge is -2.12. The van der Waals surface area contributed by atoms with Crippen molar-refractivity contribution in [2.24, 2.45) is 0 Å². The number of hydrogen-bond donors (Lipinski definition) is 2. The Morgan fingerprint density at radius 2 is 1.81 bits per heavy atom. The zero-order valence-electron chi connectivity index (χ0n) is 13.3. The first-order valence-corrected chi connectivity index (χ1v) is 7.61. The molecule has 0 aliphatic carbocycles. The van der Waals surface area contributed by atoms with E-state index < -0.39 is 0 Å². The van der Waals surface area contributed by atoms with Gasteiger partial charge in [0.1, 0.15) is 17.5 Å². The molecule has 1 heterocycles. The van der Waals surface area contributed by atoms with Crippen LogP contribution in [0.5, 0.6) is 0 Å². The summed E-state index contributed by atoms with van der Waals surface area (Å²) in [6, 6.07) is 10.4. The van der Waals surface area contributed by atoms with Crippen LogP contribution in [-0.4, -0.2) is 16.5 Å². The van der Waals surface area contributed by atoms with Gasteiger partial charge >= 0.3 is 0 Å². The summed E-state index contributed by atoms with van der Waals surface area (Å²) >= 11 is 0. The highest BCUT2D eigenvalue weighted by Gasteiger charge is 2.05. The van der Waals surface area contributed by atoms with E-state index in [4.69, 9.17) is 0 Å². The third-order valence-corrected chi connectivity index (χ3v) is 3.27. The zero-order chi connectivity index (χ0) is 15.2. The van der Waals surface area contributed by atoms with Crippen LogP contribution in [0.1, 0.15) is 45.0 Å². The van der Waals surface area contributed by atoms with Gasteiger partial charge in [-0.1, -0.05) is 32.9 Å². The molecule has 0 atom stereocenters. The van der Waals surface area contributed by atoms with Crippen LogP contribution in [0, 0.1) is 0 Å². The average Bonchev–Trinajstić information content (AvgIpc) is 2.47. The maximum Gasteiger partial charge on any atom is 0.136 e. The van der Waals surface area contributed by atoms with Gasteiger partial charge in [-0.15, -0.1) is 0 Å². The third kappa shape index (κ3) is 4.18. The topological polar surface area (TPSA) is 49.8 Å². The normalized spacial score (nSPS) is 10.7. The lowest BCUT2D eigenvalue weighted by atomic mass is 10.0. The molecule has 1 aromatic heterocycles. The van der Waals surface area contributed by atoms with E-state index in [1.807, 2.05) is 6.07 Å². The van der Waals surface area contributed by atoms with Gasteiger partial charge in [-0.2, -0.15) is 0 Å². The Morgan fingerprint density at radius 3 is 2.48 bits per heavy atom. The number of anilines is 3. The molecular formula is C17H24N4. The summed E-state index contributed by atoms with van der Waals surface area (Å²) in [5.74, 6) is 3.06. The second kappa shape index (κ2) is 7.07. The first-order chi connectivity index (χ1) is 10.1. The van der Waals surface area contributed by atoms with Crippen LogP contribution < -0.4 is 10.6 Å². The molecule has 2 aromatic rings. The molecule has 0 amide bonds. The van der Waals surface area contributed by atoms with Crippen LogP contribution in [0.4, 0.5) is 17.3 Å². The molecule has 0 aliphatic heterocycles. The number of rotatable bonds is 6. The van der Waals surface area contributed by atoms with Crippen molar-refractivity contribution in [3.05, 3.63) is 41.7 Å². The molecule has 2 rings (SSSR count). The van der Waals surface area contributed by atoms with Crippen LogP contribution in [0.3, 0.4) is 0 Å². The van der Waals surface area contributed by atoms with Crippen LogP contribution in [0.15, 0.2) is 30.3 Å². The van der Waals surface area contributed by atoms with E-state index in [2.05, 4.69) is 72.6 Å². The van der Waals surface area contributed by atoms with Gasteiger partial charge in [0.2, 0.25) is 0 Å². The van der Waals surface area contributed by atoms with E-state index in [1.54, 1.807) is 0 Å². The van der Waals surface area contributed by atoms with E-state index in [-0.39, 0.29) is 0 Å². The molecule has 0 aliphatic rings. The molecule has 0 bridgehead atoms. The first-order valence-electron chi connectivity index (χ1n) is 7.61. The minimum atomic E-state index is 0.515. The fourth-order valence-electron chi connectivity index (χ4n) is 2.11. The fourth-order valence-corrected chi connectivity index (χ4v) is 2.11. The summed E-state index contributed by atoms with van der Waals surface area (Å²) in [5, 5.41) is 6.63. The van der Waals surface area contributed by atoms with Crippen LogP contribution in [0.2, 0.25) is 0 Å². The summed E-state index contributed by atoms with van der Waals surface area (Å²) in [7, 11) is 0. The number of benzene rings is 1. The standard InChI is InChI=1S/C17H24N4/c1-5-15-20-16(18-6-2)11-17(21-15)19-14-9-7-8-13(10-14)12(3)4/h7-12H,5-6H2,1-4H3,(H2,18,19,20,21). The molecule has 0 saturated heterocycles. The Hall–Kier alpha value is -2.10. The SMILES string of the molecule is CCNc1cc(Nc2cccc(C(C)C)c2)nc(CC)n1. The summed E-state index contributed by atoms with van der Waals surface area (Å²) in [5.41, 5.74) is 2.38. The first kappa shape index (κ1) is 15.3. The van der Waals surface area contributed by atoms with Gasteiger partial charge in [0.15, 0.2) is 0 Å².